The third-order valence-electron chi connectivity index (χ3n) is 5.23. The van der Waals surface area contributed by atoms with Gasteiger partial charge in [-0.05, 0) is 63.1 Å². The minimum absolute atomic E-state index is 0.194. The lowest BCUT2D eigenvalue weighted by Gasteiger charge is -2.14. The predicted octanol–water partition coefficient (Wildman–Crippen LogP) is 4.82. The number of aliphatic imine (C=N–C) groups is 1. The summed E-state index contributed by atoms with van der Waals surface area (Å²) in [6.07, 6.45) is 4.02. The predicted molar refractivity (Wildman–Crippen MR) is 144 cm³/mol. The summed E-state index contributed by atoms with van der Waals surface area (Å²) in [5.41, 5.74) is 7.14. The van der Waals surface area contributed by atoms with Crippen LogP contribution in [-0.2, 0) is 11.2 Å². The van der Waals surface area contributed by atoms with Gasteiger partial charge >= 0.3 is 0 Å². The summed E-state index contributed by atoms with van der Waals surface area (Å²) in [7, 11) is 1.50. The number of nitrogens with one attached hydrogen (secondary N) is 2. The molecule has 1 heterocycles. The van der Waals surface area contributed by atoms with Gasteiger partial charge in [0, 0.05) is 37.1 Å². The molecule has 0 spiro atoms. The van der Waals surface area contributed by atoms with Gasteiger partial charge < -0.3 is 21.1 Å². The first-order valence-electron chi connectivity index (χ1n) is 11.5. The normalized spacial score (nSPS) is 12.1. The maximum Gasteiger partial charge on any atom is 0.252 e. The number of hydrogen-bond donors (Lipinski definition) is 3. The number of amides is 2. The number of fused-ring (bicyclic) bond motifs is 1. The minimum atomic E-state index is -0.607. The van der Waals surface area contributed by atoms with Crippen molar-refractivity contribution in [3.05, 3.63) is 76.0 Å². The maximum absolute atomic E-state index is 15.0. The molecule has 4 N–H and O–H groups in total. The highest BCUT2D eigenvalue weighted by Crippen LogP contribution is 2.34. The van der Waals surface area contributed by atoms with Crippen LogP contribution in [0.1, 0.15) is 42.3 Å². The molecule has 0 atom stereocenters. The summed E-state index contributed by atoms with van der Waals surface area (Å²) in [5.74, 6) is -0.780. The van der Waals surface area contributed by atoms with Crippen molar-refractivity contribution in [3.8, 4) is 11.5 Å². The molecule has 2 aromatic carbocycles. The Morgan fingerprint density at radius 3 is 2.59 bits per heavy atom. The Kier molecular flexibility index (Phi) is 8.49. The fourth-order valence-electron chi connectivity index (χ4n) is 3.38. The Balaban J connectivity index is 1.84. The van der Waals surface area contributed by atoms with Crippen molar-refractivity contribution in [2.24, 2.45) is 10.7 Å². The first-order chi connectivity index (χ1) is 17.4. The molecule has 1 aromatic heterocycles. The molecular formula is C27H29ClFN5O3. The zero-order valence-corrected chi connectivity index (χ0v) is 22.0. The SMILES string of the molecule is CNC(=O)c1cc2c(Oc3cc(F)c(CC(=O)N/C(C=NC(C)(C)C)=C/N)cc3C)ccnc2cc1Cl. The Labute approximate surface area is 219 Å². The molecule has 194 valence electrons. The molecule has 3 rings (SSSR count). The van der Waals surface area contributed by atoms with Crippen LogP contribution in [0, 0.1) is 12.7 Å². The van der Waals surface area contributed by atoms with E-state index in [0.29, 0.717) is 27.9 Å². The summed E-state index contributed by atoms with van der Waals surface area (Å²) in [6, 6.07) is 7.53. The molecule has 2 amide bonds. The fourth-order valence-corrected chi connectivity index (χ4v) is 3.63. The van der Waals surface area contributed by atoms with E-state index in [1.807, 2.05) is 20.8 Å². The lowest BCUT2D eigenvalue weighted by atomic mass is 10.1. The monoisotopic (exact) mass is 525 g/mol. The average molecular weight is 526 g/mol. The van der Waals surface area contributed by atoms with Crippen molar-refractivity contribution < 1.29 is 18.7 Å². The van der Waals surface area contributed by atoms with Crippen LogP contribution in [0.15, 0.2) is 53.4 Å². The van der Waals surface area contributed by atoms with Gasteiger partial charge in [-0.1, -0.05) is 11.6 Å². The molecule has 10 heteroatoms. The van der Waals surface area contributed by atoms with E-state index in [4.69, 9.17) is 22.1 Å². The molecule has 0 bridgehead atoms. The van der Waals surface area contributed by atoms with E-state index in [1.165, 1.54) is 31.7 Å². The van der Waals surface area contributed by atoms with Crippen molar-refractivity contribution in [2.45, 2.75) is 39.7 Å². The van der Waals surface area contributed by atoms with Gasteiger partial charge in [-0.2, -0.15) is 0 Å². The number of hydrogen-bond acceptors (Lipinski definition) is 6. The highest BCUT2D eigenvalue weighted by molar-refractivity contribution is 6.34. The molecule has 8 nitrogen and oxygen atoms in total. The van der Waals surface area contributed by atoms with Gasteiger partial charge in [-0.25, -0.2) is 4.39 Å². The number of nitrogens with two attached hydrogens (primary N) is 1. The number of allylic oxidation sites excluding steroid dienone is 1. The van der Waals surface area contributed by atoms with Crippen LogP contribution >= 0.6 is 11.6 Å². The second-order valence-corrected chi connectivity index (χ2v) is 9.73. The number of aromatic nitrogens is 1. The second kappa shape index (κ2) is 11.4. The molecule has 0 saturated heterocycles. The van der Waals surface area contributed by atoms with Crippen LogP contribution in [0.5, 0.6) is 11.5 Å². The number of benzene rings is 2. The van der Waals surface area contributed by atoms with E-state index >= 15 is 0 Å². The Hall–Kier alpha value is -3.98. The summed E-state index contributed by atoms with van der Waals surface area (Å²) >= 11 is 6.23. The van der Waals surface area contributed by atoms with Gasteiger partial charge in [0.15, 0.2) is 0 Å². The maximum atomic E-state index is 15.0. The molecule has 0 aliphatic heterocycles. The number of halogens is 2. The Bertz CT molecular complexity index is 1410. The smallest absolute Gasteiger partial charge is 0.252 e. The van der Waals surface area contributed by atoms with Crippen molar-refractivity contribution >= 4 is 40.5 Å². The van der Waals surface area contributed by atoms with E-state index in [1.54, 1.807) is 31.2 Å². The molecule has 0 fully saturated rings. The minimum Gasteiger partial charge on any atom is -0.456 e. The highest BCUT2D eigenvalue weighted by Gasteiger charge is 2.17. The summed E-state index contributed by atoms with van der Waals surface area (Å²) in [6.45, 7) is 7.47. The van der Waals surface area contributed by atoms with E-state index in [0.717, 1.165) is 0 Å². The van der Waals surface area contributed by atoms with Crippen molar-refractivity contribution in [1.29, 1.82) is 0 Å². The lowest BCUT2D eigenvalue weighted by molar-refractivity contribution is -0.119. The first-order valence-corrected chi connectivity index (χ1v) is 11.8. The van der Waals surface area contributed by atoms with E-state index in [9.17, 15) is 14.0 Å². The van der Waals surface area contributed by atoms with Crippen LogP contribution in [0.3, 0.4) is 0 Å². The van der Waals surface area contributed by atoms with Gasteiger partial charge in [0.2, 0.25) is 5.91 Å². The zero-order chi connectivity index (χ0) is 27.3. The molecule has 37 heavy (non-hydrogen) atoms. The zero-order valence-electron chi connectivity index (χ0n) is 21.3. The van der Waals surface area contributed by atoms with Gasteiger partial charge in [0.1, 0.15) is 17.3 Å². The van der Waals surface area contributed by atoms with Crippen LogP contribution in [-0.4, -0.2) is 35.6 Å². The van der Waals surface area contributed by atoms with Gasteiger partial charge in [0.25, 0.3) is 5.91 Å². The number of ether oxygens (including phenoxy) is 1. The number of rotatable bonds is 7. The van der Waals surface area contributed by atoms with E-state index in [-0.39, 0.29) is 39.8 Å². The summed E-state index contributed by atoms with van der Waals surface area (Å²) < 4.78 is 21.0. The molecule has 0 saturated carbocycles. The topological polar surface area (TPSA) is 119 Å². The Morgan fingerprint density at radius 2 is 1.95 bits per heavy atom. The fraction of sp³-hybridized carbons (Fsp3) is 0.259. The molecule has 0 aliphatic carbocycles. The highest BCUT2D eigenvalue weighted by atomic mass is 35.5. The Morgan fingerprint density at radius 1 is 1.22 bits per heavy atom. The molecular weight excluding hydrogens is 497 g/mol. The third-order valence-corrected chi connectivity index (χ3v) is 5.54. The molecule has 0 radical (unpaired) electrons. The number of carbonyl (C=O) groups is 2. The van der Waals surface area contributed by atoms with E-state index < -0.39 is 11.7 Å². The number of carbonyl (C=O) groups excluding carboxylic acids is 2. The molecule has 3 aromatic rings. The number of pyridine rings is 1. The molecule has 0 aliphatic rings. The second-order valence-electron chi connectivity index (χ2n) is 9.32. The van der Waals surface area contributed by atoms with Crippen molar-refractivity contribution in [1.82, 2.24) is 15.6 Å². The van der Waals surface area contributed by atoms with Crippen LogP contribution in [0.2, 0.25) is 5.02 Å². The standard InChI is InChI=1S/C27H29ClFN5O3/c1-15-8-16(9-25(35)34-17(13-30)14-33-27(2,3)4)21(29)12-24(15)37-23-6-7-32-22-11-20(28)18(10-19(22)23)26(36)31-5/h6-8,10-14H,9,30H2,1-5H3,(H,31,36)(H,34,35)/b17-13+,33-14?. The van der Waals surface area contributed by atoms with Gasteiger partial charge in [0.05, 0.1) is 33.8 Å². The third kappa shape index (κ3) is 7.04. The van der Waals surface area contributed by atoms with Gasteiger partial charge in [-0.15, -0.1) is 0 Å². The molecule has 0 unspecified atom stereocenters. The van der Waals surface area contributed by atoms with E-state index in [2.05, 4.69) is 20.6 Å². The number of nitrogens with zero attached hydrogens (tertiary/aromatic N) is 2. The van der Waals surface area contributed by atoms with Gasteiger partial charge in [-0.3, -0.25) is 19.6 Å². The van der Waals surface area contributed by atoms with Crippen LogP contribution in [0.25, 0.3) is 10.9 Å². The lowest BCUT2D eigenvalue weighted by Crippen LogP contribution is -2.27. The van der Waals surface area contributed by atoms with Crippen molar-refractivity contribution in [3.63, 3.8) is 0 Å². The van der Waals surface area contributed by atoms with Crippen LogP contribution in [0.4, 0.5) is 4.39 Å². The van der Waals surface area contributed by atoms with Crippen molar-refractivity contribution in [2.75, 3.05) is 7.05 Å². The van der Waals surface area contributed by atoms with Crippen LogP contribution < -0.4 is 21.1 Å². The first kappa shape index (κ1) is 27.6. The average Bonchev–Trinajstić information content (AvgIpc) is 2.83. The number of aryl methyl sites for hydroxylation is 1. The summed E-state index contributed by atoms with van der Waals surface area (Å²) in [5, 5.41) is 5.95. The summed E-state index contributed by atoms with van der Waals surface area (Å²) in [4.78, 5) is 33.3. The quantitative estimate of drug-likeness (QED) is 0.382. The largest absolute Gasteiger partial charge is 0.456 e.